The first-order valence-electron chi connectivity index (χ1n) is 5.32. The van der Waals surface area contributed by atoms with Crippen molar-refractivity contribution in [2.75, 3.05) is 6.54 Å². The van der Waals surface area contributed by atoms with Crippen LogP contribution in [0.25, 0.3) is 0 Å². The Morgan fingerprint density at radius 3 is 2.53 bits per heavy atom. The maximum Gasteiger partial charge on any atom is 0.248 e. The Morgan fingerprint density at radius 2 is 2.00 bits per heavy atom. The van der Waals surface area contributed by atoms with E-state index in [2.05, 4.69) is 12.2 Å². The molecule has 0 spiro atoms. The summed E-state index contributed by atoms with van der Waals surface area (Å²) in [6.07, 6.45) is 3.27. The first-order valence-corrected chi connectivity index (χ1v) is 5.32. The minimum atomic E-state index is -1.29. The third-order valence-electron chi connectivity index (χ3n) is 2.08. The van der Waals surface area contributed by atoms with Crippen molar-refractivity contribution in [1.29, 1.82) is 0 Å². The fourth-order valence-corrected chi connectivity index (χ4v) is 1.11. The number of amides is 2. The number of aliphatic hydroxyl groups excluding tert-OH is 1. The summed E-state index contributed by atoms with van der Waals surface area (Å²) >= 11 is 0. The molecule has 0 aromatic heterocycles. The van der Waals surface area contributed by atoms with Gasteiger partial charge in [0.05, 0.1) is 6.54 Å². The number of hydrogen-bond acceptors (Lipinski definition) is 3. The van der Waals surface area contributed by atoms with Crippen molar-refractivity contribution >= 4 is 11.8 Å². The van der Waals surface area contributed by atoms with Crippen molar-refractivity contribution in [1.82, 2.24) is 5.32 Å². The van der Waals surface area contributed by atoms with Crippen molar-refractivity contribution in [2.24, 2.45) is 5.73 Å². The Hall–Kier alpha value is -1.10. The van der Waals surface area contributed by atoms with E-state index in [1.807, 2.05) is 0 Å². The van der Waals surface area contributed by atoms with Gasteiger partial charge < -0.3 is 16.2 Å². The number of carbonyl (C=O) groups excluding carboxylic acids is 2. The van der Waals surface area contributed by atoms with Gasteiger partial charge in [-0.05, 0) is 6.42 Å². The molecule has 0 aliphatic carbocycles. The molecule has 0 saturated carbocycles. The van der Waals surface area contributed by atoms with Gasteiger partial charge >= 0.3 is 0 Å². The number of carbonyl (C=O) groups is 2. The molecule has 0 saturated heterocycles. The highest BCUT2D eigenvalue weighted by Gasteiger charge is 2.11. The van der Waals surface area contributed by atoms with E-state index in [-0.39, 0.29) is 12.5 Å². The third kappa shape index (κ3) is 7.93. The lowest BCUT2D eigenvalue weighted by Crippen LogP contribution is -2.39. The predicted molar refractivity (Wildman–Crippen MR) is 57.0 cm³/mol. The summed E-state index contributed by atoms with van der Waals surface area (Å²) in [6, 6.07) is 0. The van der Waals surface area contributed by atoms with E-state index in [1.54, 1.807) is 0 Å². The lowest BCUT2D eigenvalue weighted by molar-refractivity contribution is -0.127. The van der Waals surface area contributed by atoms with Crippen molar-refractivity contribution in [2.45, 2.75) is 45.1 Å². The number of hydrogen-bond donors (Lipinski definition) is 3. The average molecular weight is 216 g/mol. The summed E-state index contributed by atoms with van der Waals surface area (Å²) in [5, 5.41) is 11.4. The highest BCUT2D eigenvalue weighted by molar-refractivity contribution is 5.80. The first-order chi connectivity index (χ1) is 7.07. The zero-order chi connectivity index (χ0) is 11.7. The lowest BCUT2D eigenvalue weighted by Gasteiger charge is -2.08. The SMILES string of the molecule is CCCCCCC(=O)NCC(O)C(N)=O. The van der Waals surface area contributed by atoms with Crippen molar-refractivity contribution in [3.05, 3.63) is 0 Å². The van der Waals surface area contributed by atoms with Gasteiger partial charge in [0.1, 0.15) is 6.10 Å². The molecule has 0 heterocycles. The van der Waals surface area contributed by atoms with E-state index in [9.17, 15) is 9.59 Å². The van der Waals surface area contributed by atoms with E-state index in [0.29, 0.717) is 6.42 Å². The first kappa shape index (κ1) is 13.9. The van der Waals surface area contributed by atoms with Crippen LogP contribution in [-0.2, 0) is 9.59 Å². The highest BCUT2D eigenvalue weighted by atomic mass is 16.3. The Kier molecular flexibility index (Phi) is 7.62. The van der Waals surface area contributed by atoms with Crippen LogP contribution < -0.4 is 11.1 Å². The van der Waals surface area contributed by atoms with E-state index in [4.69, 9.17) is 10.8 Å². The molecule has 0 bridgehead atoms. The number of nitrogens with one attached hydrogen (secondary N) is 1. The van der Waals surface area contributed by atoms with Gasteiger partial charge in [0, 0.05) is 6.42 Å². The molecular formula is C10H20N2O3. The molecule has 0 fully saturated rings. The van der Waals surface area contributed by atoms with Crippen LogP contribution in [0.15, 0.2) is 0 Å². The highest BCUT2D eigenvalue weighted by Crippen LogP contribution is 2.01. The van der Waals surface area contributed by atoms with Crippen LogP contribution in [0.2, 0.25) is 0 Å². The molecule has 1 atom stereocenters. The minimum Gasteiger partial charge on any atom is -0.381 e. The Balaban J connectivity index is 3.45. The predicted octanol–water partition coefficient (Wildman–Crippen LogP) is -0.0808. The maximum atomic E-state index is 11.2. The molecule has 15 heavy (non-hydrogen) atoms. The summed E-state index contributed by atoms with van der Waals surface area (Å²) in [4.78, 5) is 21.6. The van der Waals surface area contributed by atoms with E-state index in [0.717, 1.165) is 25.7 Å². The topological polar surface area (TPSA) is 92.4 Å². The fraction of sp³-hybridized carbons (Fsp3) is 0.800. The summed E-state index contributed by atoms with van der Waals surface area (Å²) in [6.45, 7) is 2.01. The lowest BCUT2D eigenvalue weighted by atomic mass is 10.1. The largest absolute Gasteiger partial charge is 0.381 e. The number of nitrogens with two attached hydrogens (primary N) is 1. The molecular weight excluding hydrogens is 196 g/mol. The van der Waals surface area contributed by atoms with Crippen LogP contribution in [0.5, 0.6) is 0 Å². The molecule has 1 unspecified atom stereocenters. The van der Waals surface area contributed by atoms with E-state index < -0.39 is 12.0 Å². The molecule has 0 aromatic carbocycles. The van der Waals surface area contributed by atoms with Crippen LogP contribution in [-0.4, -0.2) is 29.6 Å². The van der Waals surface area contributed by atoms with Gasteiger partial charge in [0.15, 0.2) is 0 Å². The van der Waals surface area contributed by atoms with Crippen LogP contribution in [0.4, 0.5) is 0 Å². The number of primary amides is 1. The molecule has 5 heteroatoms. The quantitative estimate of drug-likeness (QED) is 0.495. The molecule has 0 radical (unpaired) electrons. The number of unbranched alkanes of at least 4 members (excludes halogenated alkanes) is 3. The third-order valence-corrected chi connectivity index (χ3v) is 2.08. The van der Waals surface area contributed by atoms with Crippen molar-refractivity contribution in [3.8, 4) is 0 Å². The second-order valence-corrected chi connectivity index (χ2v) is 3.53. The Morgan fingerprint density at radius 1 is 1.33 bits per heavy atom. The molecule has 0 aliphatic heterocycles. The van der Waals surface area contributed by atoms with Gasteiger partial charge in [0.2, 0.25) is 11.8 Å². The molecule has 0 rings (SSSR count). The monoisotopic (exact) mass is 216 g/mol. The van der Waals surface area contributed by atoms with Crippen LogP contribution >= 0.6 is 0 Å². The van der Waals surface area contributed by atoms with Gasteiger partial charge in [-0.25, -0.2) is 0 Å². The zero-order valence-corrected chi connectivity index (χ0v) is 9.16. The van der Waals surface area contributed by atoms with Crippen molar-refractivity contribution in [3.63, 3.8) is 0 Å². The Bertz CT molecular complexity index is 207. The molecule has 0 aliphatic rings. The Labute approximate surface area is 90.0 Å². The van der Waals surface area contributed by atoms with Gasteiger partial charge in [0.25, 0.3) is 0 Å². The second-order valence-electron chi connectivity index (χ2n) is 3.53. The summed E-state index contributed by atoms with van der Waals surface area (Å²) in [5.74, 6) is -0.965. The van der Waals surface area contributed by atoms with Crippen molar-refractivity contribution < 1.29 is 14.7 Å². The molecule has 4 N–H and O–H groups in total. The number of aliphatic hydroxyl groups is 1. The van der Waals surface area contributed by atoms with Crippen LogP contribution in [0.1, 0.15) is 39.0 Å². The summed E-state index contributed by atoms with van der Waals surface area (Å²) in [5.41, 5.74) is 4.82. The molecule has 5 nitrogen and oxygen atoms in total. The smallest absolute Gasteiger partial charge is 0.248 e. The van der Waals surface area contributed by atoms with Crippen LogP contribution in [0.3, 0.4) is 0 Å². The molecule has 88 valence electrons. The number of rotatable bonds is 8. The fourth-order valence-electron chi connectivity index (χ4n) is 1.11. The average Bonchev–Trinajstić information content (AvgIpc) is 2.20. The van der Waals surface area contributed by atoms with Gasteiger partial charge in [-0.3, -0.25) is 9.59 Å². The summed E-state index contributed by atoms with van der Waals surface area (Å²) in [7, 11) is 0. The molecule has 0 aromatic rings. The van der Waals surface area contributed by atoms with E-state index in [1.165, 1.54) is 0 Å². The normalized spacial score (nSPS) is 12.1. The van der Waals surface area contributed by atoms with Gasteiger partial charge in [-0.1, -0.05) is 26.2 Å². The molecule has 2 amide bonds. The summed E-state index contributed by atoms with van der Waals surface area (Å²) < 4.78 is 0. The zero-order valence-electron chi connectivity index (χ0n) is 9.16. The van der Waals surface area contributed by atoms with E-state index >= 15 is 0 Å². The minimum absolute atomic E-state index is 0.0953. The second kappa shape index (κ2) is 8.23. The standard InChI is InChI=1S/C10H20N2O3/c1-2-3-4-5-6-9(14)12-7-8(13)10(11)15/h8,13H,2-7H2,1H3,(H2,11,15)(H,12,14). The van der Waals surface area contributed by atoms with Crippen LogP contribution in [0, 0.1) is 0 Å². The maximum absolute atomic E-state index is 11.2. The van der Waals surface area contributed by atoms with Gasteiger partial charge in [-0.15, -0.1) is 0 Å². The van der Waals surface area contributed by atoms with Gasteiger partial charge in [-0.2, -0.15) is 0 Å².